The van der Waals surface area contributed by atoms with Gasteiger partial charge in [-0.15, -0.1) is 0 Å². The van der Waals surface area contributed by atoms with E-state index in [1.54, 1.807) is 0 Å². The lowest BCUT2D eigenvalue weighted by Crippen LogP contribution is -1.77. The van der Waals surface area contributed by atoms with Crippen LogP contribution in [0.2, 0.25) is 0 Å². The number of fused-ring (bicyclic) bond motifs is 3. The molecule has 0 aliphatic rings. The number of aromatic amines is 1. The summed E-state index contributed by atoms with van der Waals surface area (Å²) < 4.78 is 0. The van der Waals surface area contributed by atoms with E-state index in [0.717, 1.165) is 0 Å². The highest BCUT2D eigenvalue weighted by Gasteiger charge is 1.98. The van der Waals surface area contributed by atoms with Crippen molar-refractivity contribution >= 4 is 30.4 Å². The fourth-order valence-electron chi connectivity index (χ4n) is 1.81. The van der Waals surface area contributed by atoms with E-state index in [1.807, 2.05) is 12.3 Å². The minimum absolute atomic E-state index is 0.373. The Hall–Kier alpha value is -1.41. The van der Waals surface area contributed by atoms with Crippen LogP contribution in [-0.4, -0.2) is 14.1 Å². The molecular formula is C11H9NSi. The minimum atomic E-state index is 0.373. The molecule has 0 saturated heterocycles. The van der Waals surface area contributed by atoms with Gasteiger partial charge in [0.1, 0.15) is 0 Å². The van der Waals surface area contributed by atoms with Gasteiger partial charge in [0.15, 0.2) is 0 Å². The Kier molecular flexibility index (Phi) is 1.37. The lowest BCUT2D eigenvalue weighted by molar-refractivity contribution is 1.43. The molecule has 2 aromatic heterocycles. The first-order chi connectivity index (χ1) is 6.45. The normalized spacial score (nSPS) is 11.1. The second-order valence-electron chi connectivity index (χ2n) is 3.23. The summed E-state index contributed by atoms with van der Waals surface area (Å²) in [7, 11) is 0.373. The van der Waals surface area contributed by atoms with Crippen LogP contribution in [0.5, 0.6) is 0 Å². The van der Waals surface area contributed by atoms with Crippen molar-refractivity contribution in [2.75, 3.05) is 0 Å². The van der Waals surface area contributed by atoms with Crippen LogP contribution in [0.25, 0.3) is 21.3 Å². The number of H-pyrrole nitrogens is 1. The SMILES string of the molecule is c1c[nH]c2c(c1)ccc1[siH]ccc12. The molecular weight excluding hydrogens is 174 g/mol. The molecule has 0 fully saturated rings. The summed E-state index contributed by atoms with van der Waals surface area (Å²) in [4.78, 5) is 4.82. The van der Waals surface area contributed by atoms with Crippen molar-refractivity contribution in [1.29, 1.82) is 0 Å². The van der Waals surface area contributed by atoms with Gasteiger partial charge < -0.3 is 4.98 Å². The molecule has 0 atom stereocenters. The second-order valence-corrected chi connectivity index (χ2v) is 4.57. The Labute approximate surface area is 78.1 Å². The van der Waals surface area contributed by atoms with Crippen molar-refractivity contribution in [3.63, 3.8) is 0 Å². The van der Waals surface area contributed by atoms with Gasteiger partial charge in [0.2, 0.25) is 0 Å². The molecule has 0 spiro atoms. The largest absolute Gasteiger partial charge is 0.361 e. The van der Waals surface area contributed by atoms with Crippen molar-refractivity contribution in [2.24, 2.45) is 0 Å². The van der Waals surface area contributed by atoms with Crippen LogP contribution in [-0.2, 0) is 0 Å². The maximum Gasteiger partial charge on any atom is 0.0528 e. The Morgan fingerprint density at radius 2 is 2.08 bits per heavy atom. The summed E-state index contributed by atoms with van der Waals surface area (Å²) >= 11 is 0. The van der Waals surface area contributed by atoms with Gasteiger partial charge >= 0.3 is 0 Å². The molecule has 2 heterocycles. The van der Waals surface area contributed by atoms with Crippen molar-refractivity contribution in [3.8, 4) is 0 Å². The Morgan fingerprint density at radius 3 is 3.08 bits per heavy atom. The fraction of sp³-hybridized carbons (Fsp3) is 0. The molecule has 0 aliphatic heterocycles. The number of hydrogen-bond acceptors (Lipinski definition) is 0. The van der Waals surface area contributed by atoms with Gasteiger partial charge in [0.25, 0.3) is 0 Å². The Balaban J connectivity index is 2.65. The highest BCUT2D eigenvalue weighted by Crippen LogP contribution is 2.21. The predicted molar refractivity (Wildman–Crippen MR) is 58.5 cm³/mol. The lowest BCUT2D eigenvalue weighted by atomic mass is 10.1. The van der Waals surface area contributed by atoms with E-state index in [1.165, 1.54) is 21.3 Å². The molecule has 3 rings (SSSR count). The summed E-state index contributed by atoms with van der Waals surface area (Å²) in [6.45, 7) is 0. The predicted octanol–water partition coefficient (Wildman–Crippen LogP) is 2.39. The zero-order valence-corrected chi connectivity index (χ0v) is 8.27. The maximum absolute atomic E-state index is 3.31. The molecule has 1 N–H and O–H groups in total. The lowest BCUT2D eigenvalue weighted by Gasteiger charge is -1.99. The molecule has 0 unspecified atom stereocenters. The number of pyridine rings is 1. The van der Waals surface area contributed by atoms with Crippen molar-refractivity contribution in [3.05, 3.63) is 42.2 Å². The molecule has 0 amide bonds. The van der Waals surface area contributed by atoms with Crippen LogP contribution in [0.1, 0.15) is 0 Å². The molecule has 13 heavy (non-hydrogen) atoms. The first-order valence-corrected chi connectivity index (χ1v) is 5.64. The fourth-order valence-corrected chi connectivity index (χ4v) is 2.93. The van der Waals surface area contributed by atoms with E-state index in [9.17, 15) is 0 Å². The quantitative estimate of drug-likeness (QED) is 0.515. The smallest absolute Gasteiger partial charge is 0.0528 e. The van der Waals surface area contributed by atoms with Crippen LogP contribution in [0.15, 0.2) is 42.2 Å². The summed E-state index contributed by atoms with van der Waals surface area (Å²) in [5.41, 5.74) is 3.58. The van der Waals surface area contributed by atoms with E-state index in [2.05, 4.69) is 34.9 Å². The number of aromatic nitrogens is 1. The van der Waals surface area contributed by atoms with E-state index >= 15 is 0 Å². The first kappa shape index (κ1) is 7.03. The minimum Gasteiger partial charge on any atom is -0.361 e. The van der Waals surface area contributed by atoms with Crippen LogP contribution in [0, 0.1) is 0 Å². The van der Waals surface area contributed by atoms with Gasteiger partial charge in [-0.1, -0.05) is 29.9 Å². The zero-order chi connectivity index (χ0) is 8.67. The zero-order valence-electron chi connectivity index (χ0n) is 7.12. The monoisotopic (exact) mass is 183 g/mol. The molecule has 1 aromatic carbocycles. The Morgan fingerprint density at radius 1 is 1.08 bits per heavy atom. The third-order valence-electron chi connectivity index (χ3n) is 2.45. The number of hydrogen-bond donors (Lipinski definition) is 1. The van der Waals surface area contributed by atoms with E-state index in [4.69, 9.17) is 0 Å². The van der Waals surface area contributed by atoms with E-state index in [0.29, 0.717) is 9.12 Å². The molecule has 0 aliphatic carbocycles. The summed E-state index contributed by atoms with van der Waals surface area (Å²) in [5.74, 6) is 0. The third-order valence-corrected chi connectivity index (χ3v) is 3.70. The molecule has 62 valence electrons. The van der Waals surface area contributed by atoms with Gasteiger partial charge in [-0.05, 0) is 16.4 Å². The molecule has 3 aromatic rings. The summed E-state index contributed by atoms with van der Waals surface area (Å²) in [6.07, 6.45) is 1.99. The van der Waals surface area contributed by atoms with Crippen molar-refractivity contribution < 1.29 is 0 Å². The van der Waals surface area contributed by atoms with Crippen LogP contribution in [0.4, 0.5) is 0 Å². The molecule has 0 radical (unpaired) electrons. The molecule has 0 bridgehead atoms. The van der Waals surface area contributed by atoms with E-state index < -0.39 is 0 Å². The first-order valence-electron chi connectivity index (χ1n) is 4.40. The summed E-state index contributed by atoms with van der Waals surface area (Å²) in [6, 6.07) is 10.9. The third kappa shape index (κ3) is 0.955. The second kappa shape index (κ2) is 2.54. The highest BCUT2D eigenvalue weighted by atomic mass is 28.2. The number of nitrogens with one attached hydrogen (secondary N) is 1. The Bertz CT molecular complexity index is 568. The standard InChI is InChI=1S/C11H9NSi/c1-2-8-3-4-10-9(5-7-13-10)11(8)12-6-1/h1-7,12-13H. The topological polar surface area (TPSA) is 15.8 Å². The van der Waals surface area contributed by atoms with Crippen LogP contribution in [0.3, 0.4) is 0 Å². The highest BCUT2D eigenvalue weighted by molar-refractivity contribution is 6.49. The van der Waals surface area contributed by atoms with Gasteiger partial charge in [-0.25, -0.2) is 0 Å². The summed E-state index contributed by atoms with van der Waals surface area (Å²) in [5, 5.41) is 2.69. The van der Waals surface area contributed by atoms with Gasteiger partial charge in [0.05, 0.1) is 5.52 Å². The number of rotatable bonds is 0. The maximum atomic E-state index is 3.31. The average molecular weight is 183 g/mol. The van der Waals surface area contributed by atoms with Crippen molar-refractivity contribution in [1.82, 2.24) is 4.98 Å². The van der Waals surface area contributed by atoms with Gasteiger partial charge in [-0.3, -0.25) is 0 Å². The molecule has 0 saturated carbocycles. The van der Waals surface area contributed by atoms with Gasteiger partial charge in [0, 0.05) is 20.7 Å². The van der Waals surface area contributed by atoms with E-state index in [-0.39, 0.29) is 0 Å². The molecule has 2 heteroatoms. The van der Waals surface area contributed by atoms with Crippen LogP contribution < -0.4 is 0 Å². The number of benzene rings is 1. The average Bonchev–Trinajstić information content (AvgIpc) is 2.65. The van der Waals surface area contributed by atoms with Crippen LogP contribution >= 0.6 is 0 Å². The molecule has 1 nitrogen and oxygen atoms in total. The van der Waals surface area contributed by atoms with Gasteiger partial charge in [-0.2, -0.15) is 0 Å². The van der Waals surface area contributed by atoms with Crippen molar-refractivity contribution in [2.45, 2.75) is 0 Å².